The summed E-state index contributed by atoms with van der Waals surface area (Å²) in [5, 5.41) is 12.7. The molecule has 0 N–H and O–H groups in total. The first-order chi connectivity index (χ1) is 11.1. The largest absolute Gasteiger partial charge is 0.484 e. The number of carbonyl (C=O) groups excluding carboxylic acids is 1. The van der Waals surface area contributed by atoms with Crippen molar-refractivity contribution in [1.82, 2.24) is 4.90 Å². The van der Waals surface area contributed by atoms with E-state index in [1.165, 1.54) is 12.1 Å². The number of hydrogen-bond donors (Lipinski definition) is 0. The molecule has 0 spiro atoms. The summed E-state index contributed by atoms with van der Waals surface area (Å²) < 4.78 is 5.44. The Kier molecular flexibility index (Phi) is 4.57. The molecule has 0 bridgehead atoms. The van der Waals surface area contributed by atoms with Crippen molar-refractivity contribution in [2.24, 2.45) is 0 Å². The van der Waals surface area contributed by atoms with E-state index >= 15 is 0 Å². The van der Waals surface area contributed by atoms with Crippen LogP contribution in [0, 0.1) is 10.1 Å². The first-order valence-corrected chi connectivity index (χ1v) is 8.20. The van der Waals surface area contributed by atoms with Gasteiger partial charge in [-0.1, -0.05) is 12.1 Å². The molecule has 0 atom stereocenters. The third-order valence-electron chi connectivity index (χ3n) is 3.61. The number of hydrogen-bond acceptors (Lipinski definition) is 5. The smallest absolute Gasteiger partial charge is 0.273 e. The first kappa shape index (κ1) is 15.5. The lowest BCUT2D eigenvalue weighted by atomic mass is 10.3. The molecule has 7 heteroatoms. The predicted octanol–water partition coefficient (Wildman–Crippen LogP) is 3.23. The number of rotatable bonds is 7. The molecule has 0 radical (unpaired) electrons. The van der Waals surface area contributed by atoms with Crippen molar-refractivity contribution >= 4 is 22.9 Å². The second-order valence-electron chi connectivity index (χ2n) is 5.38. The Morgan fingerprint density at radius 3 is 2.83 bits per heavy atom. The van der Waals surface area contributed by atoms with E-state index in [-0.39, 0.29) is 18.2 Å². The maximum Gasteiger partial charge on any atom is 0.273 e. The fourth-order valence-electron chi connectivity index (χ4n) is 2.29. The van der Waals surface area contributed by atoms with Crippen molar-refractivity contribution in [2.45, 2.75) is 25.4 Å². The molecule has 1 aromatic carbocycles. The van der Waals surface area contributed by atoms with Crippen LogP contribution in [0.1, 0.15) is 17.7 Å². The lowest BCUT2D eigenvalue weighted by molar-refractivity contribution is -0.384. The Labute approximate surface area is 137 Å². The number of benzene rings is 1. The van der Waals surface area contributed by atoms with Crippen LogP contribution in [-0.2, 0) is 11.3 Å². The number of thiophene rings is 1. The second-order valence-corrected chi connectivity index (χ2v) is 6.41. The van der Waals surface area contributed by atoms with Gasteiger partial charge in [0.05, 0.1) is 17.5 Å². The molecule has 3 rings (SSSR count). The molecule has 1 aliphatic rings. The van der Waals surface area contributed by atoms with Gasteiger partial charge in [-0.25, -0.2) is 0 Å². The molecule has 1 fully saturated rings. The number of ether oxygens (including phenoxy) is 1. The van der Waals surface area contributed by atoms with Crippen LogP contribution < -0.4 is 4.74 Å². The van der Waals surface area contributed by atoms with Gasteiger partial charge in [0.1, 0.15) is 5.75 Å². The van der Waals surface area contributed by atoms with E-state index in [0.717, 1.165) is 17.7 Å². The quantitative estimate of drug-likeness (QED) is 0.576. The molecule has 1 amide bonds. The molecule has 6 nitrogen and oxygen atoms in total. The number of nitro benzene ring substituents is 1. The Morgan fingerprint density at radius 2 is 2.17 bits per heavy atom. The first-order valence-electron chi connectivity index (χ1n) is 7.32. The number of amides is 1. The third kappa shape index (κ3) is 4.07. The molecule has 2 aromatic rings. The van der Waals surface area contributed by atoms with Gasteiger partial charge in [-0.3, -0.25) is 14.9 Å². The molecule has 1 aliphatic carbocycles. The van der Waals surface area contributed by atoms with Crippen molar-refractivity contribution in [3.8, 4) is 5.75 Å². The van der Waals surface area contributed by atoms with Gasteiger partial charge >= 0.3 is 0 Å². The zero-order valence-corrected chi connectivity index (χ0v) is 13.2. The third-order valence-corrected chi connectivity index (χ3v) is 4.47. The molecule has 0 saturated heterocycles. The fraction of sp³-hybridized carbons (Fsp3) is 0.312. The minimum Gasteiger partial charge on any atom is -0.484 e. The minimum atomic E-state index is -0.484. The van der Waals surface area contributed by atoms with Crippen LogP contribution in [0.25, 0.3) is 0 Å². The van der Waals surface area contributed by atoms with Gasteiger partial charge in [0.2, 0.25) is 0 Å². The molecule has 120 valence electrons. The number of nitrogens with zero attached hydrogens (tertiary/aromatic N) is 2. The van der Waals surface area contributed by atoms with Gasteiger partial charge < -0.3 is 9.64 Å². The summed E-state index contributed by atoms with van der Waals surface area (Å²) in [5.74, 6) is 0.242. The van der Waals surface area contributed by atoms with Crippen molar-refractivity contribution < 1.29 is 14.5 Å². The van der Waals surface area contributed by atoms with Crippen LogP contribution in [0.4, 0.5) is 5.69 Å². The van der Waals surface area contributed by atoms with Gasteiger partial charge in [-0.15, -0.1) is 11.3 Å². The summed E-state index contributed by atoms with van der Waals surface area (Å²) in [4.78, 5) is 25.7. The summed E-state index contributed by atoms with van der Waals surface area (Å²) >= 11 is 1.62. The lowest BCUT2D eigenvalue weighted by Gasteiger charge is -2.21. The van der Waals surface area contributed by atoms with Crippen LogP contribution in [-0.4, -0.2) is 28.4 Å². The molecule has 1 heterocycles. The van der Waals surface area contributed by atoms with Gasteiger partial charge in [0, 0.05) is 17.0 Å². The van der Waals surface area contributed by atoms with Gasteiger partial charge in [-0.05, 0) is 30.4 Å². The summed E-state index contributed by atoms with van der Waals surface area (Å²) in [6.45, 7) is 0.489. The van der Waals surface area contributed by atoms with Crippen LogP contribution in [0.5, 0.6) is 5.75 Å². The number of non-ortho nitro benzene ring substituents is 1. The minimum absolute atomic E-state index is 0.0485. The molecule has 23 heavy (non-hydrogen) atoms. The number of carbonyl (C=O) groups is 1. The number of nitro groups is 1. The average Bonchev–Trinajstić information content (AvgIpc) is 3.26. The van der Waals surface area contributed by atoms with Crippen molar-refractivity contribution in [1.29, 1.82) is 0 Å². The van der Waals surface area contributed by atoms with Crippen molar-refractivity contribution in [3.63, 3.8) is 0 Å². The van der Waals surface area contributed by atoms with Gasteiger partial charge in [0.25, 0.3) is 11.6 Å². The highest BCUT2D eigenvalue weighted by atomic mass is 32.1. The molecular weight excluding hydrogens is 316 g/mol. The molecule has 1 saturated carbocycles. The zero-order valence-electron chi connectivity index (χ0n) is 12.4. The Hall–Kier alpha value is -2.41. The highest BCUT2D eigenvalue weighted by Crippen LogP contribution is 2.29. The highest BCUT2D eigenvalue weighted by molar-refractivity contribution is 7.09. The molecule has 1 aromatic heterocycles. The van der Waals surface area contributed by atoms with Crippen LogP contribution >= 0.6 is 11.3 Å². The van der Waals surface area contributed by atoms with Crippen LogP contribution in [0.3, 0.4) is 0 Å². The summed E-state index contributed by atoms with van der Waals surface area (Å²) in [5.41, 5.74) is -0.0485. The monoisotopic (exact) mass is 332 g/mol. The molecule has 0 unspecified atom stereocenters. The SMILES string of the molecule is O=C(COc1cccc([N+](=O)[O-])c1)N(Cc1cccs1)C1CC1. The second kappa shape index (κ2) is 6.78. The Balaban J connectivity index is 1.61. The van der Waals surface area contributed by atoms with E-state index in [0.29, 0.717) is 18.3 Å². The van der Waals surface area contributed by atoms with Crippen LogP contribution in [0.15, 0.2) is 41.8 Å². The maximum absolute atomic E-state index is 12.4. The standard InChI is InChI=1S/C16H16N2O4S/c19-16(11-22-14-4-1-3-13(9-14)18(20)21)17(12-6-7-12)10-15-5-2-8-23-15/h1-5,8-9,12H,6-7,10-11H2. The van der Waals surface area contributed by atoms with E-state index in [4.69, 9.17) is 4.74 Å². The predicted molar refractivity (Wildman–Crippen MR) is 86.5 cm³/mol. The van der Waals surface area contributed by atoms with E-state index in [9.17, 15) is 14.9 Å². The molecule has 0 aliphatic heterocycles. The maximum atomic E-state index is 12.4. The van der Waals surface area contributed by atoms with E-state index in [1.807, 2.05) is 22.4 Å². The fourth-order valence-corrected chi connectivity index (χ4v) is 3.00. The van der Waals surface area contributed by atoms with Crippen molar-refractivity contribution in [3.05, 3.63) is 56.8 Å². The average molecular weight is 332 g/mol. The summed E-state index contributed by atoms with van der Waals surface area (Å²) in [6.07, 6.45) is 2.04. The topological polar surface area (TPSA) is 72.7 Å². The lowest BCUT2D eigenvalue weighted by Crippen LogP contribution is -2.36. The summed E-state index contributed by atoms with van der Waals surface area (Å²) in [7, 11) is 0. The normalized spacial score (nSPS) is 13.6. The van der Waals surface area contributed by atoms with Crippen molar-refractivity contribution in [2.75, 3.05) is 6.61 Å². The highest BCUT2D eigenvalue weighted by Gasteiger charge is 2.32. The van der Waals surface area contributed by atoms with E-state index in [2.05, 4.69) is 0 Å². The van der Waals surface area contributed by atoms with Crippen LogP contribution in [0.2, 0.25) is 0 Å². The van der Waals surface area contributed by atoms with Gasteiger partial charge in [-0.2, -0.15) is 0 Å². The Bertz CT molecular complexity index is 698. The van der Waals surface area contributed by atoms with Gasteiger partial charge in [0.15, 0.2) is 6.61 Å². The summed E-state index contributed by atoms with van der Waals surface area (Å²) in [6, 6.07) is 10.1. The van der Waals surface area contributed by atoms with E-state index < -0.39 is 4.92 Å². The molecular formula is C16H16N2O4S. The Morgan fingerprint density at radius 1 is 1.35 bits per heavy atom. The van der Waals surface area contributed by atoms with E-state index in [1.54, 1.807) is 23.5 Å². The zero-order chi connectivity index (χ0) is 16.2.